The Kier molecular flexibility index (Phi) is 10.9. The van der Waals surface area contributed by atoms with Gasteiger partial charge in [-0.3, -0.25) is 19.1 Å². The molecule has 2 amide bonds. The molecule has 0 bridgehead atoms. The molecule has 2 aliphatic heterocycles. The Morgan fingerprint density at radius 3 is 2.60 bits per heavy atom. The second-order valence-electron chi connectivity index (χ2n) is 11.0. The number of ether oxygens (including phenoxy) is 1. The van der Waals surface area contributed by atoms with Gasteiger partial charge in [0.15, 0.2) is 16.8 Å². The number of aromatic nitrogens is 1. The summed E-state index contributed by atoms with van der Waals surface area (Å²) in [5, 5.41) is 17.7. The lowest BCUT2D eigenvalue weighted by Crippen LogP contribution is -2.76. The maximum atomic E-state index is 13.2. The highest BCUT2D eigenvalue weighted by atomic mass is 32.3. The van der Waals surface area contributed by atoms with Crippen molar-refractivity contribution in [2.75, 3.05) is 25.4 Å². The van der Waals surface area contributed by atoms with Gasteiger partial charge >= 0.3 is 16.4 Å². The molecule has 0 spiro atoms. The van der Waals surface area contributed by atoms with Crippen molar-refractivity contribution in [2.45, 2.75) is 57.5 Å². The van der Waals surface area contributed by atoms with E-state index in [0.717, 1.165) is 35.3 Å². The molecule has 1 saturated heterocycles. The number of anilines is 1. The van der Waals surface area contributed by atoms with E-state index in [0.29, 0.717) is 43.0 Å². The molecule has 1 aromatic carbocycles. The van der Waals surface area contributed by atoms with Crippen LogP contribution in [-0.2, 0) is 47.0 Å². The molecule has 2 aromatic rings. The van der Waals surface area contributed by atoms with Gasteiger partial charge in [-0.1, -0.05) is 11.2 Å². The van der Waals surface area contributed by atoms with Crippen LogP contribution in [0.15, 0.2) is 33.7 Å². The van der Waals surface area contributed by atoms with Crippen LogP contribution >= 0.6 is 11.3 Å². The number of benzene rings is 1. The van der Waals surface area contributed by atoms with Crippen LogP contribution in [0.3, 0.4) is 0 Å². The molecule has 19 nitrogen and oxygen atoms in total. The summed E-state index contributed by atoms with van der Waals surface area (Å²) in [6, 6.07) is 3.93. The first-order valence-electron chi connectivity index (χ1n) is 14.1. The monoisotopic (exact) mass is 697 g/mol. The number of fused-ring (bicyclic) bond motifs is 1. The highest BCUT2D eigenvalue weighted by Gasteiger charge is 2.58. The van der Waals surface area contributed by atoms with Gasteiger partial charge in [0, 0.05) is 25.0 Å². The number of carbonyl (C=O) groups excluding carboxylic acids is 2. The fourth-order valence-electron chi connectivity index (χ4n) is 4.63. The van der Waals surface area contributed by atoms with E-state index in [9.17, 15) is 27.9 Å². The Balaban J connectivity index is 1.42. The van der Waals surface area contributed by atoms with Crippen molar-refractivity contribution in [1.29, 1.82) is 0 Å². The summed E-state index contributed by atoms with van der Waals surface area (Å²) < 4.78 is 41.1. The molecule has 0 saturated carbocycles. The second-order valence-corrected chi connectivity index (χ2v) is 12.9. The predicted octanol–water partition coefficient (Wildman–Crippen LogP) is -0.813. The molecule has 4 rings (SSSR count). The number of aliphatic imine (C=N–C) groups is 1. The van der Waals surface area contributed by atoms with E-state index in [-0.39, 0.29) is 10.8 Å². The summed E-state index contributed by atoms with van der Waals surface area (Å²) in [7, 11) is -5.02. The number of unbranched alkanes of at least 4 members (excludes halogenated alkanes) is 1. The summed E-state index contributed by atoms with van der Waals surface area (Å²) in [4.78, 5) is 53.2. The number of guanidine groups is 1. The topological polar surface area (TPSA) is 288 Å². The number of β-lactam (4-membered cyclic amide) rings is 1. The fraction of sp³-hybridized carbons (Fsp3) is 0.462. The van der Waals surface area contributed by atoms with Crippen molar-refractivity contribution in [3.63, 3.8) is 0 Å². The Labute approximate surface area is 273 Å². The third-order valence-corrected chi connectivity index (χ3v) is 8.17. The minimum absolute atomic E-state index is 0.0567. The lowest BCUT2D eigenvalue weighted by Gasteiger charge is -2.50. The molecule has 0 aliphatic carbocycles. The molecule has 3 heterocycles. The Morgan fingerprint density at radius 1 is 1.26 bits per heavy atom. The number of carboxylic acid groups (broad SMARTS) is 1. The molecule has 1 fully saturated rings. The number of nitrogens with one attached hydrogen (secondary N) is 1. The number of hydroxylamine groups is 2. The lowest BCUT2D eigenvalue weighted by molar-refractivity contribution is -0.218. The van der Waals surface area contributed by atoms with E-state index in [4.69, 9.17) is 31.3 Å². The van der Waals surface area contributed by atoms with Crippen LogP contribution < -0.4 is 27.3 Å². The number of thiazole rings is 1. The predicted molar refractivity (Wildman–Crippen MR) is 167 cm³/mol. The van der Waals surface area contributed by atoms with Crippen LogP contribution in [0, 0.1) is 0 Å². The van der Waals surface area contributed by atoms with Crippen molar-refractivity contribution in [2.24, 2.45) is 21.6 Å². The van der Waals surface area contributed by atoms with Gasteiger partial charge in [-0.15, -0.1) is 15.6 Å². The number of carbonyl (C=O) groups is 3. The molecule has 2 aliphatic rings. The quantitative estimate of drug-likeness (QED) is 0.0331. The first-order valence-corrected chi connectivity index (χ1v) is 16.3. The maximum absolute atomic E-state index is 13.2. The van der Waals surface area contributed by atoms with Crippen molar-refractivity contribution < 1.29 is 46.3 Å². The molecule has 2 atom stereocenters. The number of rotatable bonds is 15. The summed E-state index contributed by atoms with van der Waals surface area (Å²) in [5.74, 6) is -2.70. The highest BCUT2D eigenvalue weighted by Crippen LogP contribution is 2.33. The maximum Gasteiger partial charge on any atom is 0.418 e. The minimum atomic E-state index is -5.02. The molecule has 9 N–H and O–H groups in total. The summed E-state index contributed by atoms with van der Waals surface area (Å²) >= 11 is 0.957. The third-order valence-electron chi connectivity index (χ3n) is 7.16. The molecular formula is C26H35N9O10S2. The molecule has 1 aromatic heterocycles. The first-order chi connectivity index (χ1) is 22.1. The molecular weight excluding hydrogens is 662 g/mol. The number of amides is 2. The average molecular weight is 698 g/mol. The third kappa shape index (κ3) is 8.62. The second kappa shape index (κ2) is 14.5. The lowest BCUT2D eigenvalue weighted by atomic mass is 9.84. The van der Waals surface area contributed by atoms with Crippen molar-refractivity contribution >= 4 is 56.3 Å². The van der Waals surface area contributed by atoms with Crippen LogP contribution in [-0.4, -0.2) is 99.9 Å². The van der Waals surface area contributed by atoms with E-state index < -0.39 is 58.2 Å². The van der Waals surface area contributed by atoms with Gasteiger partial charge in [0.2, 0.25) is 0 Å². The standard InChI is InChI=1S/C26H35N9O10S2/c1-26(2)20(22(37)35(26)45-47(40,41)42)32-21(36)19(17-13-46-25(29)31-17)33-44-18(23(38)39)12-43-16-6-5-14-10-34(11-15(14)9-16)24(28)30-8-4-3-7-27/h5-6,9,13,18,20H,3-4,7-8,10-12,27H2,1-2H3,(H2,28,30)(H2,29,31)(H,32,36)(H,38,39)(H,40,41,42)/b33-19-/t18-,20+/m0/s1. The van der Waals surface area contributed by atoms with Crippen molar-refractivity contribution in [1.82, 2.24) is 20.3 Å². The Morgan fingerprint density at radius 2 is 1.98 bits per heavy atom. The number of hydrogen-bond acceptors (Lipinski definition) is 14. The Hall–Kier alpha value is -4.57. The zero-order chi connectivity index (χ0) is 34.5. The highest BCUT2D eigenvalue weighted by molar-refractivity contribution is 7.80. The number of nitrogens with two attached hydrogens (primary N) is 3. The number of nitrogen functional groups attached to an aromatic ring is 1. The normalized spacial score (nSPS) is 18.4. The van der Waals surface area contributed by atoms with Gasteiger partial charge in [-0.05, 0) is 56.5 Å². The summed E-state index contributed by atoms with van der Waals surface area (Å²) in [5.41, 5.74) is 17.2. The Bertz CT molecular complexity index is 1680. The number of oxime groups is 1. The number of hydrogen-bond donors (Lipinski definition) is 6. The first kappa shape index (κ1) is 35.3. The zero-order valence-electron chi connectivity index (χ0n) is 25.4. The van der Waals surface area contributed by atoms with Gasteiger partial charge in [0.1, 0.15) is 24.1 Å². The van der Waals surface area contributed by atoms with E-state index in [1.807, 2.05) is 11.0 Å². The van der Waals surface area contributed by atoms with Crippen molar-refractivity contribution in [3.05, 3.63) is 40.4 Å². The van der Waals surface area contributed by atoms with Gasteiger partial charge < -0.3 is 42.1 Å². The van der Waals surface area contributed by atoms with E-state index in [1.165, 1.54) is 19.2 Å². The van der Waals surface area contributed by atoms with E-state index in [1.54, 1.807) is 12.1 Å². The average Bonchev–Trinajstić information content (AvgIpc) is 3.63. The van der Waals surface area contributed by atoms with E-state index in [2.05, 4.69) is 24.7 Å². The largest absolute Gasteiger partial charge is 0.489 e. The van der Waals surface area contributed by atoms with Crippen LogP contribution in [0.4, 0.5) is 5.13 Å². The van der Waals surface area contributed by atoms with Crippen molar-refractivity contribution in [3.8, 4) is 5.75 Å². The number of aliphatic carboxylic acids is 1. The van der Waals surface area contributed by atoms with Gasteiger partial charge in [0.05, 0.1) is 5.54 Å². The molecule has 47 heavy (non-hydrogen) atoms. The van der Waals surface area contributed by atoms with Crippen LogP contribution in [0.2, 0.25) is 0 Å². The van der Waals surface area contributed by atoms with Crippen LogP contribution in [0.1, 0.15) is 43.5 Å². The number of nitrogens with zero attached hydrogens (tertiary/aromatic N) is 5. The van der Waals surface area contributed by atoms with Gasteiger partial charge in [-0.2, -0.15) is 13.5 Å². The fourth-order valence-corrected chi connectivity index (χ4v) is 5.63. The van der Waals surface area contributed by atoms with Gasteiger partial charge in [0.25, 0.3) is 17.9 Å². The summed E-state index contributed by atoms with van der Waals surface area (Å²) in [6.07, 6.45) is 0.00715. The van der Waals surface area contributed by atoms with Gasteiger partial charge in [-0.25, -0.2) is 9.78 Å². The molecule has 0 unspecified atom stereocenters. The number of carboxylic acids is 1. The van der Waals surface area contributed by atoms with Crippen LogP contribution in [0.5, 0.6) is 5.75 Å². The molecule has 21 heteroatoms. The molecule has 0 radical (unpaired) electrons. The molecule has 256 valence electrons. The van der Waals surface area contributed by atoms with Crippen LogP contribution in [0.25, 0.3) is 0 Å². The summed E-state index contributed by atoms with van der Waals surface area (Å²) in [6.45, 7) is 4.42. The van der Waals surface area contributed by atoms with E-state index >= 15 is 0 Å². The zero-order valence-corrected chi connectivity index (χ0v) is 27.0. The minimum Gasteiger partial charge on any atom is -0.489 e. The SMILES string of the molecule is CC1(C)[C@H](NC(=O)/C(=N\O[C@@H](COc2ccc3c(c2)CN(C(N)=NCCCCN)C3)C(=O)O)c2csc(N)n2)C(=O)N1OS(=O)(=O)O. The smallest absolute Gasteiger partial charge is 0.418 e.